The Morgan fingerprint density at radius 3 is 2.85 bits per heavy atom. The summed E-state index contributed by atoms with van der Waals surface area (Å²) in [7, 11) is 0. The van der Waals surface area contributed by atoms with Crippen molar-refractivity contribution in [1.82, 2.24) is 0 Å². The van der Waals surface area contributed by atoms with Crippen LogP contribution in [0, 0.1) is 0 Å². The summed E-state index contributed by atoms with van der Waals surface area (Å²) in [4.78, 5) is 13.3. The average molecular weight is 388 g/mol. The Morgan fingerprint density at radius 2 is 2.04 bits per heavy atom. The van der Waals surface area contributed by atoms with E-state index in [4.69, 9.17) is 21.1 Å². The van der Waals surface area contributed by atoms with Crippen molar-refractivity contribution < 1.29 is 14.3 Å². The molecule has 0 spiro atoms. The molecule has 3 aromatic rings. The molecule has 4 rings (SSSR count). The van der Waals surface area contributed by atoms with Crippen LogP contribution in [0.25, 0.3) is 10.1 Å². The maximum absolute atomic E-state index is 12.8. The van der Waals surface area contributed by atoms with Crippen LogP contribution < -0.4 is 10.1 Å². The fourth-order valence-corrected chi connectivity index (χ4v) is 4.41. The van der Waals surface area contributed by atoms with Gasteiger partial charge in [-0.05, 0) is 31.0 Å². The van der Waals surface area contributed by atoms with Crippen molar-refractivity contribution in [2.75, 3.05) is 18.5 Å². The lowest BCUT2D eigenvalue weighted by Gasteiger charge is -2.15. The molecule has 1 atom stereocenters. The zero-order chi connectivity index (χ0) is 17.9. The van der Waals surface area contributed by atoms with Crippen LogP contribution in [0.3, 0.4) is 0 Å². The molecule has 1 saturated heterocycles. The molecule has 134 valence electrons. The number of anilines is 1. The molecule has 1 N–H and O–H groups in total. The van der Waals surface area contributed by atoms with E-state index < -0.39 is 0 Å². The summed E-state index contributed by atoms with van der Waals surface area (Å²) in [5.74, 6) is 0.401. The Hall–Kier alpha value is -2.08. The van der Waals surface area contributed by atoms with Crippen LogP contribution in [0.2, 0.25) is 5.02 Å². The minimum atomic E-state index is -0.232. The Bertz CT molecular complexity index is 934. The lowest BCUT2D eigenvalue weighted by atomic mass is 10.2. The van der Waals surface area contributed by atoms with Gasteiger partial charge in [-0.15, -0.1) is 11.3 Å². The minimum absolute atomic E-state index is 0.121. The van der Waals surface area contributed by atoms with Crippen molar-refractivity contribution in [3.05, 3.63) is 58.4 Å². The van der Waals surface area contributed by atoms with E-state index in [1.165, 1.54) is 11.3 Å². The quantitative estimate of drug-likeness (QED) is 0.640. The van der Waals surface area contributed by atoms with Gasteiger partial charge in [0.2, 0.25) is 0 Å². The van der Waals surface area contributed by atoms with Crippen molar-refractivity contribution in [3.63, 3.8) is 0 Å². The first-order chi connectivity index (χ1) is 12.7. The lowest BCUT2D eigenvalue weighted by Crippen LogP contribution is -2.18. The van der Waals surface area contributed by atoms with Gasteiger partial charge in [0, 0.05) is 16.7 Å². The molecule has 6 heteroatoms. The third-order valence-electron chi connectivity index (χ3n) is 4.33. The number of carbonyl (C=O) groups is 1. The standard InChI is InChI=1S/C20H18ClNO3S/c21-18-14-7-1-4-10-17(14)26-19(18)20(23)22-15-8-2-3-9-16(15)25-12-13-6-5-11-24-13/h1-4,7-10,13H,5-6,11-12H2,(H,22,23)/t13-/m0/s1. The van der Waals surface area contributed by atoms with E-state index in [-0.39, 0.29) is 12.0 Å². The number of carbonyl (C=O) groups excluding carboxylic acids is 1. The molecule has 0 radical (unpaired) electrons. The Kier molecular flexibility index (Phi) is 5.11. The Balaban J connectivity index is 1.52. The van der Waals surface area contributed by atoms with Gasteiger partial charge in [0.15, 0.2) is 0 Å². The van der Waals surface area contributed by atoms with E-state index in [1.54, 1.807) is 0 Å². The maximum Gasteiger partial charge on any atom is 0.267 e. The van der Waals surface area contributed by atoms with Crippen LogP contribution in [-0.2, 0) is 4.74 Å². The van der Waals surface area contributed by atoms with Crippen molar-refractivity contribution in [2.45, 2.75) is 18.9 Å². The topological polar surface area (TPSA) is 47.6 Å². The third kappa shape index (κ3) is 3.56. The maximum atomic E-state index is 12.8. The SMILES string of the molecule is O=C(Nc1ccccc1OC[C@@H]1CCCO1)c1sc2ccccc2c1Cl. The summed E-state index contributed by atoms with van der Waals surface area (Å²) in [6.45, 7) is 1.27. The fourth-order valence-electron chi connectivity index (χ4n) is 2.99. The van der Waals surface area contributed by atoms with Crippen molar-refractivity contribution >= 4 is 44.6 Å². The Labute approximate surface area is 160 Å². The summed E-state index contributed by atoms with van der Waals surface area (Å²) in [6, 6.07) is 15.1. The highest BCUT2D eigenvalue weighted by Gasteiger charge is 2.20. The average Bonchev–Trinajstić information content (AvgIpc) is 3.29. The molecule has 0 bridgehead atoms. The predicted octanol–water partition coefficient (Wildman–Crippen LogP) is 5.36. The van der Waals surface area contributed by atoms with E-state index >= 15 is 0 Å². The second-order valence-electron chi connectivity index (χ2n) is 6.14. The number of hydrogen-bond donors (Lipinski definition) is 1. The summed E-state index contributed by atoms with van der Waals surface area (Å²) in [6.07, 6.45) is 2.19. The summed E-state index contributed by atoms with van der Waals surface area (Å²) in [5, 5.41) is 4.31. The number of nitrogens with one attached hydrogen (secondary N) is 1. The van der Waals surface area contributed by atoms with Crippen molar-refractivity contribution in [1.29, 1.82) is 0 Å². The molecule has 1 aliphatic heterocycles. The number of thiophene rings is 1. The van der Waals surface area contributed by atoms with Gasteiger partial charge in [0.05, 0.1) is 16.8 Å². The van der Waals surface area contributed by atoms with Gasteiger partial charge < -0.3 is 14.8 Å². The number of hydrogen-bond acceptors (Lipinski definition) is 4. The van der Waals surface area contributed by atoms with E-state index in [0.29, 0.717) is 27.9 Å². The molecule has 0 saturated carbocycles. The number of ether oxygens (including phenoxy) is 2. The fraction of sp³-hybridized carbons (Fsp3) is 0.250. The van der Waals surface area contributed by atoms with Gasteiger partial charge in [-0.1, -0.05) is 41.9 Å². The zero-order valence-corrected chi connectivity index (χ0v) is 15.6. The van der Waals surface area contributed by atoms with Gasteiger partial charge in [0.25, 0.3) is 5.91 Å². The monoisotopic (exact) mass is 387 g/mol. The number of fused-ring (bicyclic) bond motifs is 1. The second-order valence-corrected chi connectivity index (χ2v) is 7.57. The first-order valence-corrected chi connectivity index (χ1v) is 9.73. The van der Waals surface area contributed by atoms with Crippen LogP contribution in [0.1, 0.15) is 22.5 Å². The van der Waals surface area contributed by atoms with Crippen LogP contribution >= 0.6 is 22.9 Å². The smallest absolute Gasteiger partial charge is 0.267 e. The molecule has 1 aromatic heterocycles. The Morgan fingerprint density at radius 1 is 1.23 bits per heavy atom. The molecule has 0 unspecified atom stereocenters. The summed E-state index contributed by atoms with van der Waals surface area (Å²) < 4.78 is 12.5. The number of benzene rings is 2. The zero-order valence-electron chi connectivity index (χ0n) is 14.0. The summed E-state index contributed by atoms with van der Waals surface area (Å²) >= 11 is 7.79. The molecular formula is C20H18ClNO3S. The molecule has 1 fully saturated rings. The van der Waals surface area contributed by atoms with E-state index in [2.05, 4.69) is 5.32 Å². The van der Waals surface area contributed by atoms with Crippen LogP contribution in [0.15, 0.2) is 48.5 Å². The van der Waals surface area contributed by atoms with Gasteiger partial charge in [-0.25, -0.2) is 0 Å². The van der Waals surface area contributed by atoms with Crippen molar-refractivity contribution in [3.8, 4) is 5.75 Å². The number of halogens is 1. The number of amides is 1. The van der Waals surface area contributed by atoms with E-state index in [1.807, 2.05) is 48.5 Å². The highest BCUT2D eigenvalue weighted by molar-refractivity contribution is 7.21. The lowest BCUT2D eigenvalue weighted by molar-refractivity contribution is 0.0682. The van der Waals surface area contributed by atoms with Gasteiger partial charge in [0.1, 0.15) is 17.2 Å². The highest BCUT2D eigenvalue weighted by Crippen LogP contribution is 2.36. The molecule has 4 nitrogen and oxygen atoms in total. The molecule has 2 heterocycles. The first kappa shape index (κ1) is 17.3. The first-order valence-electron chi connectivity index (χ1n) is 8.54. The summed E-state index contributed by atoms with van der Waals surface area (Å²) in [5.41, 5.74) is 0.629. The molecule has 1 amide bonds. The van der Waals surface area contributed by atoms with Crippen molar-refractivity contribution in [2.24, 2.45) is 0 Å². The molecule has 26 heavy (non-hydrogen) atoms. The van der Waals surface area contributed by atoms with Gasteiger partial charge in [-0.2, -0.15) is 0 Å². The number of para-hydroxylation sites is 2. The van der Waals surface area contributed by atoms with Crippen LogP contribution in [-0.4, -0.2) is 25.2 Å². The molecule has 0 aliphatic carbocycles. The third-order valence-corrected chi connectivity index (χ3v) is 6.00. The largest absolute Gasteiger partial charge is 0.489 e. The predicted molar refractivity (Wildman–Crippen MR) is 106 cm³/mol. The van der Waals surface area contributed by atoms with Gasteiger partial charge >= 0.3 is 0 Å². The normalized spacial score (nSPS) is 16.7. The second kappa shape index (κ2) is 7.66. The van der Waals surface area contributed by atoms with Gasteiger partial charge in [-0.3, -0.25) is 4.79 Å². The minimum Gasteiger partial charge on any atom is -0.489 e. The highest BCUT2D eigenvalue weighted by atomic mass is 35.5. The molecule has 2 aromatic carbocycles. The van der Waals surface area contributed by atoms with E-state index in [9.17, 15) is 4.79 Å². The van der Waals surface area contributed by atoms with Crippen LogP contribution in [0.4, 0.5) is 5.69 Å². The molecular weight excluding hydrogens is 370 g/mol. The van der Waals surface area contributed by atoms with Crippen LogP contribution in [0.5, 0.6) is 5.75 Å². The number of rotatable bonds is 5. The molecule has 1 aliphatic rings. The van der Waals surface area contributed by atoms with E-state index in [0.717, 1.165) is 29.5 Å².